The molecule has 4 aromatic carbocycles. The van der Waals surface area contributed by atoms with Crippen molar-refractivity contribution in [3.63, 3.8) is 0 Å². The largest absolute Gasteiger partial charge is 0.507 e. The van der Waals surface area contributed by atoms with E-state index in [9.17, 15) is 9.90 Å². The quantitative estimate of drug-likeness (QED) is 0.194. The van der Waals surface area contributed by atoms with Gasteiger partial charge in [-0.05, 0) is 75.8 Å². The van der Waals surface area contributed by atoms with Gasteiger partial charge in [0.2, 0.25) is 0 Å². The van der Waals surface area contributed by atoms with Crippen molar-refractivity contribution in [2.75, 3.05) is 6.54 Å². The molecule has 202 valence electrons. The number of unbranched alkanes of at least 4 members (excludes halogenated alkanes) is 4. The van der Waals surface area contributed by atoms with Crippen molar-refractivity contribution in [3.8, 4) is 28.0 Å². The maximum Gasteiger partial charge on any atom is 0.251 e. The Morgan fingerprint density at radius 1 is 0.641 bits per heavy atom. The zero-order chi connectivity index (χ0) is 27.8. The molecule has 0 fully saturated rings. The first-order valence-corrected chi connectivity index (χ1v) is 14.2. The lowest BCUT2D eigenvalue weighted by Gasteiger charge is -2.16. The molecule has 0 aliphatic carbocycles. The van der Waals surface area contributed by atoms with Gasteiger partial charge in [0.15, 0.2) is 0 Å². The monoisotopic (exact) mass is 519 g/mol. The molecule has 4 aromatic rings. The van der Waals surface area contributed by atoms with E-state index < -0.39 is 0 Å². The molecule has 0 unspecified atom stereocenters. The lowest BCUT2D eigenvalue weighted by atomic mass is 9.91. The number of nitrogens with one attached hydrogen (secondary N) is 1. The number of carbonyl (C=O) groups is 1. The molecule has 0 atom stereocenters. The van der Waals surface area contributed by atoms with Crippen LogP contribution in [-0.2, 0) is 6.42 Å². The highest BCUT2D eigenvalue weighted by molar-refractivity contribution is 5.99. The SMILES string of the molecule is Cc1cc(C)cc(-c2cc(C(=O)NCCCCCCCc3ccccc3)cc(-c3cc(C)cc(C)c3)c2O)c1. The van der Waals surface area contributed by atoms with Crippen LogP contribution in [0.3, 0.4) is 0 Å². The number of phenols is 1. The van der Waals surface area contributed by atoms with Crippen LogP contribution < -0.4 is 5.32 Å². The topological polar surface area (TPSA) is 49.3 Å². The number of amides is 1. The molecular formula is C36H41NO2. The van der Waals surface area contributed by atoms with E-state index in [1.165, 1.54) is 24.8 Å². The molecule has 3 nitrogen and oxygen atoms in total. The predicted molar refractivity (Wildman–Crippen MR) is 163 cm³/mol. The fraction of sp³-hybridized carbons (Fsp3) is 0.306. The van der Waals surface area contributed by atoms with E-state index in [4.69, 9.17) is 0 Å². The van der Waals surface area contributed by atoms with Crippen molar-refractivity contribution < 1.29 is 9.90 Å². The van der Waals surface area contributed by atoms with Gasteiger partial charge in [-0.25, -0.2) is 0 Å². The summed E-state index contributed by atoms with van der Waals surface area (Å²) >= 11 is 0. The summed E-state index contributed by atoms with van der Waals surface area (Å²) in [6, 6.07) is 26.8. The molecule has 0 radical (unpaired) electrons. The Kier molecular flexibility index (Phi) is 9.59. The van der Waals surface area contributed by atoms with Crippen LogP contribution in [0.4, 0.5) is 0 Å². The normalized spacial score (nSPS) is 11.0. The van der Waals surface area contributed by atoms with Gasteiger partial charge in [-0.3, -0.25) is 4.79 Å². The molecule has 4 rings (SSSR count). The number of hydrogen-bond acceptors (Lipinski definition) is 2. The van der Waals surface area contributed by atoms with E-state index in [1.54, 1.807) is 0 Å². The molecule has 0 aromatic heterocycles. The third-order valence-electron chi connectivity index (χ3n) is 7.21. The van der Waals surface area contributed by atoms with E-state index >= 15 is 0 Å². The maximum absolute atomic E-state index is 13.3. The summed E-state index contributed by atoms with van der Waals surface area (Å²) in [6.07, 6.45) is 6.78. The van der Waals surface area contributed by atoms with Crippen molar-refractivity contribution in [1.29, 1.82) is 0 Å². The fourth-order valence-electron chi connectivity index (χ4n) is 5.40. The third-order valence-corrected chi connectivity index (χ3v) is 7.21. The summed E-state index contributed by atoms with van der Waals surface area (Å²) in [5, 5.41) is 14.5. The Labute approximate surface area is 233 Å². The van der Waals surface area contributed by atoms with Gasteiger partial charge in [-0.15, -0.1) is 0 Å². The van der Waals surface area contributed by atoms with Crippen molar-refractivity contribution in [3.05, 3.63) is 112 Å². The van der Waals surface area contributed by atoms with Gasteiger partial charge in [0.25, 0.3) is 5.91 Å². The minimum absolute atomic E-state index is 0.102. The summed E-state index contributed by atoms with van der Waals surface area (Å²) in [5.74, 6) is 0.104. The fourth-order valence-corrected chi connectivity index (χ4v) is 5.40. The van der Waals surface area contributed by atoms with Crippen LogP contribution in [0.5, 0.6) is 5.75 Å². The van der Waals surface area contributed by atoms with Gasteiger partial charge in [0.05, 0.1) is 0 Å². The van der Waals surface area contributed by atoms with Crippen LogP contribution in [0, 0.1) is 27.7 Å². The Bertz CT molecular complexity index is 1310. The van der Waals surface area contributed by atoms with Crippen molar-refractivity contribution >= 4 is 5.91 Å². The van der Waals surface area contributed by atoms with E-state index in [1.807, 2.05) is 12.1 Å². The average Bonchev–Trinajstić information content (AvgIpc) is 2.89. The summed E-state index contributed by atoms with van der Waals surface area (Å²) in [6.45, 7) is 8.86. The molecule has 1 amide bonds. The molecule has 0 aliphatic heterocycles. The van der Waals surface area contributed by atoms with Crippen LogP contribution in [-0.4, -0.2) is 17.6 Å². The molecule has 0 aliphatic rings. The first-order chi connectivity index (χ1) is 18.8. The second-order valence-electron chi connectivity index (χ2n) is 10.9. The van der Waals surface area contributed by atoms with Gasteiger partial charge in [-0.2, -0.15) is 0 Å². The average molecular weight is 520 g/mol. The number of hydrogen-bond donors (Lipinski definition) is 2. The molecule has 0 saturated heterocycles. The van der Waals surface area contributed by atoms with Crippen LogP contribution in [0.15, 0.2) is 78.9 Å². The molecule has 2 N–H and O–H groups in total. The molecule has 39 heavy (non-hydrogen) atoms. The molecule has 0 heterocycles. The predicted octanol–water partition coefficient (Wildman–Crippen LogP) is 8.88. The molecule has 0 spiro atoms. The van der Waals surface area contributed by atoms with E-state index in [0.717, 1.165) is 52.6 Å². The maximum atomic E-state index is 13.3. The van der Waals surface area contributed by atoms with Crippen LogP contribution in [0.25, 0.3) is 22.3 Å². The highest BCUT2D eigenvalue weighted by Gasteiger charge is 2.18. The second kappa shape index (κ2) is 13.3. The van der Waals surface area contributed by atoms with Gasteiger partial charge < -0.3 is 10.4 Å². The highest BCUT2D eigenvalue weighted by atomic mass is 16.3. The van der Waals surface area contributed by atoms with Crippen LogP contribution >= 0.6 is 0 Å². The van der Waals surface area contributed by atoms with Crippen LogP contribution in [0.2, 0.25) is 0 Å². The Hall–Kier alpha value is -3.85. The summed E-state index contributed by atoms with van der Waals surface area (Å²) in [5.41, 5.74) is 9.66. The van der Waals surface area contributed by atoms with Crippen LogP contribution in [0.1, 0.15) is 70.3 Å². The minimum Gasteiger partial charge on any atom is -0.507 e. The first kappa shape index (κ1) is 28.2. The summed E-state index contributed by atoms with van der Waals surface area (Å²) in [7, 11) is 0. The Morgan fingerprint density at radius 2 is 1.13 bits per heavy atom. The van der Waals surface area contributed by atoms with E-state index in [2.05, 4.69) is 99.7 Å². The Morgan fingerprint density at radius 3 is 1.67 bits per heavy atom. The Balaban J connectivity index is 1.45. The first-order valence-electron chi connectivity index (χ1n) is 14.2. The van der Waals surface area contributed by atoms with E-state index in [-0.39, 0.29) is 11.7 Å². The van der Waals surface area contributed by atoms with Gasteiger partial charge in [-0.1, -0.05) is 108 Å². The smallest absolute Gasteiger partial charge is 0.251 e. The number of benzene rings is 4. The van der Waals surface area contributed by atoms with Crippen molar-refractivity contribution in [2.24, 2.45) is 0 Å². The van der Waals surface area contributed by atoms with Crippen molar-refractivity contribution in [2.45, 2.75) is 66.2 Å². The number of rotatable bonds is 11. The summed E-state index contributed by atoms with van der Waals surface area (Å²) in [4.78, 5) is 13.3. The molecule has 0 bridgehead atoms. The lowest BCUT2D eigenvalue weighted by molar-refractivity contribution is 0.0953. The zero-order valence-electron chi connectivity index (χ0n) is 23.8. The second-order valence-corrected chi connectivity index (χ2v) is 10.9. The molecule has 0 saturated carbocycles. The lowest BCUT2D eigenvalue weighted by Crippen LogP contribution is -2.24. The minimum atomic E-state index is -0.102. The molecular weight excluding hydrogens is 478 g/mol. The number of aryl methyl sites for hydroxylation is 5. The molecule has 3 heteroatoms. The van der Waals surface area contributed by atoms with Gasteiger partial charge in [0, 0.05) is 23.2 Å². The standard InChI is InChI=1S/C36H41NO2/c1-25-17-26(2)20-30(19-25)33-23-32(24-34(35(33)38)31-21-27(3)18-28(4)22-31)36(39)37-16-12-7-5-6-9-13-29-14-10-8-11-15-29/h8,10-11,14-15,17-24,38H,5-7,9,12-13,16H2,1-4H3,(H,37,39). The zero-order valence-corrected chi connectivity index (χ0v) is 23.8. The summed E-state index contributed by atoms with van der Waals surface area (Å²) < 4.78 is 0. The van der Waals surface area contributed by atoms with Gasteiger partial charge in [0.1, 0.15) is 5.75 Å². The van der Waals surface area contributed by atoms with Crippen molar-refractivity contribution in [1.82, 2.24) is 5.32 Å². The van der Waals surface area contributed by atoms with E-state index in [0.29, 0.717) is 23.2 Å². The third kappa shape index (κ3) is 7.83. The number of aromatic hydroxyl groups is 1. The van der Waals surface area contributed by atoms with Gasteiger partial charge >= 0.3 is 0 Å². The highest BCUT2D eigenvalue weighted by Crippen LogP contribution is 2.40. The number of carbonyl (C=O) groups excluding carboxylic acids is 1. The number of phenolic OH excluding ortho intramolecular Hbond substituents is 1.